The Labute approximate surface area is 211 Å². The van der Waals surface area contributed by atoms with Gasteiger partial charge in [0.15, 0.2) is 0 Å². The Kier molecular flexibility index (Phi) is 5.25. The van der Waals surface area contributed by atoms with Gasteiger partial charge in [0.1, 0.15) is 5.52 Å². The van der Waals surface area contributed by atoms with Crippen molar-refractivity contribution in [3.8, 4) is 11.3 Å². The molecule has 1 N–H and O–H groups in total. The summed E-state index contributed by atoms with van der Waals surface area (Å²) in [5.41, 5.74) is 7.13. The molecule has 0 bridgehead atoms. The smallest absolute Gasteiger partial charge is 0.317 e. The number of carbonyl (C=O) groups excluding carboxylic acids is 1. The fourth-order valence-electron chi connectivity index (χ4n) is 6.15. The van der Waals surface area contributed by atoms with Gasteiger partial charge in [0.05, 0.1) is 17.4 Å². The predicted molar refractivity (Wildman–Crippen MR) is 137 cm³/mol. The van der Waals surface area contributed by atoms with Gasteiger partial charge in [0.2, 0.25) is 0 Å². The summed E-state index contributed by atoms with van der Waals surface area (Å²) in [5, 5.41) is 13.8. The van der Waals surface area contributed by atoms with Crippen molar-refractivity contribution in [2.24, 2.45) is 0 Å². The topological polar surface area (TPSA) is 80.9 Å². The molecule has 2 amide bonds. The van der Waals surface area contributed by atoms with Crippen molar-refractivity contribution in [1.82, 2.24) is 34.8 Å². The number of amides is 2. The Hall–Kier alpha value is -3.86. The molecule has 8 heteroatoms. The number of hydrogen-bond donors (Lipinski definition) is 1. The monoisotopic (exact) mass is 481 g/mol. The zero-order valence-corrected chi connectivity index (χ0v) is 21.3. The summed E-state index contributed by atoms with van der Waals surface area (Å²) in [6.45, 7) is 11.4. The number of pyridine rings is 1. The highest BCUT2D eigenvalue weighted by Crippen LogP contribution is 2.44. The number of carbonyl (C=O) groups is 1. The van der Waals surface area contributed by atoms with Crippen molar-refractivity contribution in [2.45, 2.75) is 65.1 Å². The quantitative estimate of drug-likeness (QED) is 0.470. The van der Waals surface area contributed by atoms with Gasteiger partial charge in [-0.25, -0.2) is 9.78 Å². The van der Waals surface area contributed by atoms with Crippen LogP contribution in [0.15, 0.2) is 30.5 Å². The zero-order chi connectivity index (χ0) is 25.0. The van der Waals surface area contributed by atoms with E-state index < -0.39 is 0 Å². The molecule has 1 spiro atoms. The molecule has 4 aromatic rings. The maximum Gasteiger partial charge on any atom is 0.317 e. The minimum absolute atomic E-state index is 0.00704. The maximum atomic E-state index is 13.3. The van der Waals surface area contributed by atoms with E-state index in [1.165, 1.54) is 5.69 Å². The van der Waals surface area contributed by atoms with Gasteiger partial charge in [0.25, 0.3) is 0 Å². The fourth-order valence-corrected chi connectivity index (χ4v) is 6.15. The Morgan fingerprint density at radius 1 is 1.22 bits per heavy atom. The average Bonchev–Trinajstić information content (AvgIpc) is 3.63. The van der Waals surface area contributed by atoms with Gasteiger partial charge in [-0.3, -0.25) is 9.36 Å². The third-order valence-electron chi connectivity index (χ3n) is 8.03. The predicted octanol–water partition coefficient (Wildman–Crippen LogP) is 4.35. The lowest BCUT2D eigenvalue weighted by Crippen LogP contribution is -2.41. The molecule has 6 rings (SSSR count). The van der Waals surface area contributed by atoms with Crippen molar-refractivity contribution in [3.05, 3.63) is 65.2 Å². The van der Waals surface area contributed by atoms with Crippen LogP contribution in [0.5, 0.6) is 0 Å². The third-order valence-corrected chi connectivity index (χ3v) is 8.03. The lowest BCUT2D eigenvalue weighted by molar-refractivity contribution is 0.202. The summed E-state index contributed by atoms with van der Waals surface area (Å²) >= 11 is 0. The molecule has 3 aromatic heterocycles. The summed E-state index contributed by atoms with van der Waals surface area (Å²) in [4.78, 5) is 19.8. The molecular weight excluding hydrogens is 450 g/mol. The first-order chi connectivity index (χ1) is 17.4. The molecule has 1 saturated heterocycles. The van der Waals surface area contributed by atoms with Crippen LogP contribution in [-0.4, -0.2) is 48.6 Å². The van der Waals surface area contributed by atoms with Crippen molar-refractivity contribution >= 4 is 16.9 Å². The molecule has 0 saturated carbocycles. The van der Waals surface area contributed by atoms with Crippen LogP contribution in [-0.2, 0) is 18.5 Å². The van der Waals surface area contributed by atoms with E-state index >= 15 is 0 Å². The molecule has 36 heavy (non-hydrogen) atoms. The SMILES string of the molecule is CCn1nc(C)c(C(C)NC(=O)N2CCC3(CCn4nc(-c5cnc6c#cccc6c5)cc43)C2)c1C. The molecule has 2 atom stereocenters. The van der Waals surface area contributed by atoms with Crippen LogP contribution in [0.25, 0.3) is 22.2 Å². The standard InChI is InChI=1S/C28H31N7O/c1-5-34-20(4)26(19(3)31-34)18(2)30-27(36)33-12-10-28(17-33)11-13-35-25(28)15-24(32-35)22-14-21-8-6-7-9-23(21)29-16-22/h6,8,14-16,18H,5,10-13,17H2,1-4H3,(H,30,36). The third kappa shape index (κ3) is 3.53. The molecule has 2 aliphatic rings. The Morgan fingerprint density at radius 2 is 2.06 bits per heavy atom. The van der Waals surface area contributed by atoms with E-state index in [2.05, 4.69) is 58.2 Å². The van der Waals surface area contributed by atoms with E-state index in [0.29, 0.717) is 6.54 Å². The average molecular weight is 482 g/mol. The molecular formula is C28H31N7O. The van der Waals surface area contributed by atoms with Gasteiger partial charge in [-0.2, -0.15) is 10.2 Å². The number of aryl methyl sites for hydroxylation is 3. The van der Waals surface area contributed by atoms with Gasteiger partial charge in [-0.15, -0.1) is 0 Å². The summed E-state index contributed by atoms with van der Waals surface area (Å²) in [6, 6.07) is 14.1. The second-order valence-corrected chi connectivity index (χ2v) is 10.2. The van der Waals surface area contributed by atoms with Gasteiger partial charge in [-0.05, 0) is 70.9 Å². The molecule has 1 fully saturated rings. The van der Waals surface area contributed by atoms with Crippen LogP contribution in [0.3, 0.4) is 0 Å². The molecule has 1 aromatic carbocycles. The molecule has 2 aliphatic heterocycles. The van der Waals surface area contributed by atoms with E-state index in [-0.39, 0.29) is 17.5 Å². The number of rotatable bonds is 4. The number of aromatic nitrogens is 5. The van der Waals surface area contributed by atoms with Crippen LogP contribution in [0.2, 0.25) is 0 Å². The zero-order valence-electron chi connectivity index (χ0n) is 21.3. The molecule has 2 unspecified atom stereocenters. The highest BCUT2D eigenvalue weighted by atomic mass is 16.2. The summed E-state index contributed by atoms with van der Waals surface area (Å²) < 4.78 is 4.12. The van der Waals surface area contributed by atoms with Crippen LogP contribution in [0.4, 0.5) is 4.79 Å². The summed E-state index contributed by atoms with van der Waals surface area (Å²) in [7, 11) is 0. The van der Waals surface area contributed by atoms with Gasteiger partial charge < -0.3 is 10.2 Å². The second-order valence-electron chi connectivity index (χ2n) is 10.2. The Balaban J connectivity index is 1.20. The maximum absolute atomic E-state index is 13.3. The van der Waals surface area contributed by atoms with E-state index in [9.17, 15) is 4.79 Å². The highest BCUT2D eigenvalue weighted by molar-refractivity contribution is 5.81. The van der Waals surface area contributed by atoms with Crippen LogP contribution in [0.1, 0.15) is 55.4 Å². The van der Waals surface area contributed by atoms with Crippen molar-refractivity contribution in [2.75, 3.05) is 13.1 Å². The highest BCUT2D eigenvalue weighted by Gasteiger charge is 2.47. The fraction of sp³-hybridized carbons (Fsp3) is 0.429. The first kappa shape index (κ1) is 22.6. The normalized spacial score (nSPS) is 19.6. The number of likely N-dealkylation sites (tertiary alicyclic amines) is 1. The number of nitrogens with one attached hydrogen (secondary N) is 1. The van der Waals surface area contributed by atoms with Gasteiger partial charge >= 0.3 is 6.03 Å². The van der Waals surface area contributed by atoms with Gasteiger partial charge in [-0.1, -0.05) is 6.07 Å². The van der Waals surface area contributed by atoms with Crippen molar-refractivity contribution in [3.63, 3.8) is 0 Å². The minimum Gasteiger partial charge on any atom is -0.331 e. The van der Waals surface area contributed by atoms with Crippen LogP contribution in [0, 0.1) is 26.0 Å². The molecule has 0 radical (unpaired) electrons. The molecule has 184 valence electrons. The first-order valence-electron chi connectivity index (χ1n) is 12.7. The van der Waals surface area contributed by atoms with Crippen molar-refractivity contribution in [1.29, 1.82) is 0 Å². The minimum atomic E-state index is -0.0923. The van der Waals surface area contributed by atoms with Gasteiger partial charge in [0, 0.05) is 65.7 Å². The summed E-state index contributed by atoms with van der Waals surface area (Å²) in [6.07, 6.45) is 3.82. The van der Waals surface area contributed by atoms with Crippen LogP contribution < -0.4 is 5.32 Å². The van der Waals surface area contributed by atoms with E-state index in [1.807, 2.05) is 41.8 Å². The number of nitrogens with zero attached hydrogens (tertiary/aromatic N) is 6. The van der Waals surface area contributed by atoms with Crippen molar-refractivity contribution < 1.29 is 4.79 Å². The Morgan fingerprint density at radius 3 is 2.86 bits per heavy atom. The molecule has 0 aliphatic carbocycles. The lowest BCUT2D eigenvalue weighted by atomic mass is 9.82. The van der Waals surface area contributed by atoms with E-state index in [4.69, 9.17) is 5.10 Å². The van der Waals surface area contributed by atoms with E-state index in [0.717, 1.165) is 71.6 Å². The largest absolute Gasteiger partial charge is 0.331 e. The number of urea groups is 1. The van der Waals surface area contributed by atoms with E-state index in [1.54, 1.807) is 0 Å². The van der Waals surface area contributed by atoms with Crippen LogP contribution >= 0.6 is 0 Å². The number of hydrogen-bond acceptors (Lipinski definition) is 4. The molecule has 8 nitrogen and oxygen atoms in total. The first-order valence-corrected chi connectivity index (χ1v) is 12.7. The molecule has 5 heterocycles. The Bertz CT molecular complexity index is 1470. The summed E-state index contributed by atoms with van der Waals surface area (Å²) in [5.74, 6) is 0. The number of fused-ring (bicyclic) bond motifs is 3. The second kappa shape index (κ2) is 8.37. The lowest BCUT2D eigenvalue weighted by Gasteiger charge is -2.25.